The van der Waals surface area contributed by atoms with Gasteiger partial charge in [-0.2, -0.15) is 4.98 Å². The molecule has 0 bridgehead atoms. The molecule has 3 rings (SSSR count). The Balaban J connectivity index is 1.67. The van der Waals surface area contributed by atoms with Crippen LogP contribution in [0, 0.1) is 0 Å². The van der Waals surface area contributed by atoms with Gasteiger partial charge in [-0.25, -0.2) is 4.98 Å². The van der Waals surface area contributed by atoms with Crippen LogP contribution in [-0.4, -0.2) is 45.5 Å². The summed E-state index contributed by atoms with van der Waals surface area (Å²) in [6.45, 7) is 1.50. The monoisotopic (exact) mass is 247 g/mol. The fourth-order valence-corrected chi connectivity index (χ4v) is 2.00. The number of rotatable bonds is 5. The predicted molar refractivity (Wildman–Crippen MR) is 68.5 cm³/mol. The summed E-state index contributed by atoms with van der Waals surface area (Å²) in [7, 11) is 2.12. The first-order valence-electron chi connectivity index (χ1n) is 6.16. The molecule has 2 heterocycles. The second-order valence-corrected chi connectivity index (χ2v) is 4.69. The normalized spacial score (nSPS) is 15.4. The van der Waals surface area contributed by atoms with E-state index in [9.17, 15) is 0 Å². The molecular weight excluding hydrogens is 230 g/mol. The number of ether oxygens (including phenoxy) is 1. The topological polar surface area (TPSA) is 68.7 Å². The summed E-state index contributed by atoms with van der Waals surface area (Å²) >= 11 is 0. The molecule has 1 aliphatic carbocycles. The Kier molecular flexibility index (Phi) is 2.79. The van der Waals surface area contributed by atoms with E-state index in [2.05, 4.69) is 21.9 Å². The van der Waals surface area contributed by atoms with E-state index in [1.807, 2.05) is 10.6 Å². The number of imidazole rings is 1. The van der Waals surface area contributed by atoms with Crippen LogP contribution < -0.4 is 10.5 Å². The number of fused-ring (bicyclic) bond motifs is 1. The third kappa shape index (κ3) is 2.24. The standard InChI is InChI=1S/C12H17N5O/c1-16(9-2-3-9)6-7-18-12-11-14-4-5-17(11)8-10(13)15-12/h4-5,8-9H,2-3,6-7,13H2,1H3. The van der Waals surface area contributed by atoms with Crippen molar-refractivity contribution in [2.24, 2.45) is 0 Å². The molecule has 1 fully saturated rings. The van der Waals surface area contributed by atoms with Crippen molar-refractivity contribution in [2.75, 3.05) is 25.9 Å². The highest BCUT2D eigenvalue weighted by Gasteiger charge is 2.25. The van der Waals surface area contributed by atoms with Crippen molar-refractivity contribution in [3.8, 4) is 5.88 Å². The second kappa shape index (κ2) is 4.45. The fourth-order valence-electron chi connectivity index (χ4n) is 2.00. The Bertz CT molecular complexity index is 548. The summed E-state index contributed by atoms with van der Waals surface area (Å²) in [5, 5.41) is 0. The van der Waals surface area contributed by atoms with Crippen molar-refractivity contribution >= 4 is 11.5 Å². The summed E-state index contributed by atoms with van der Waals surface area (Å²) in [5.41, 5.74) is 6.43. The Morgan fingerprint density at radius 3 is 3.17 bits per heavy atom. The molecule has 0 radical (unpaired) electrons. The molecule has 2 aromatic heterocycles. The lowest BCUT2D eigenvalue weighted by Crippen LogP contribution is -2.26. The van der Waals surface area contributed by atoms with Crippen LogP contribution in [0.1, 0.15) is 12.8 Å². The third-order valence-corrected chi connectivity index (χ3v) is 3.21. The maximum absolute atomic E-state index is 5.72. The summed E-state index contributed by atoms with van der Waals surface area (Å²) in [5.74, 6) is 0.940. The molecule has 0 atom stereocenters. The van der Waals surface area contributed by atoms with Crippen LogP contribution in [0.4, 0.5) is 5.82 Å². The SMILES string of the molecule is CN(CCOc1nc(N)cn2ccnc12)C1CC1. The number of nitrogens with two attached hydrogens (primary N) is 1. The maximum atomic E-state index is 5.72. The number of nitrogens with zero attached hydrogens (tertiary/aromatic N) is 4. The molecule has 0 unspecified atom stereocenters. The lowest BCUT2D eigenvalue weighted by molar-refractivity contribution is 0.227. The quantitative estimate of drug-likeness (QED) is 0.845. The van der Waals surface area contributed by atoms with Crippen molar-refractivity contribution in [1.82, 2.24) is 19.3 Å². The molecule has 1 aliphatic rings. The molecule has 0 aliphatic heterocycles. The van der Waals surface area contributed by atoms with E-state index in [0.29, 0.717) is 24.0 Å². The van der Waals surface area contributed by atoms with Crippen LogP contribution in [0.2, 0.25) is 0 Å². The summed E-state index contributed by atoms with van der Waals surface area (Å²) in [6.07, 6.45) is 7.87. The maximum Gasteiger partial charge on any atom is 0.260 e. The van der Waals surface area contributed by atoms with Crippen LogP contribution in [0.15, 0.2) is 18.6 Å². The first-order chi connectivity index (χ1) is 8.74. The van der Waals surface area contributed by atoms with Crippen molar-refractivity contribution in [1.29, 1.82) is 0 Å². The van der Waals surface area contributed by atoms with Gasteiger partial charge in [0.1, 0.15) is 12.4 Å². The van der Waals surface area contributed by atoms with Gasteiger partial charge < -0.3 is 15.4 Å². The first kappa shape index (κ1) is 11.3. The Morgan fingerprint density at radius 2 is 2.39 bits per heavy atom. The minimum Gasteiger partial charge on any atom is -0.474 e. The van der Waals surface area contributed by atoms with E-state index < -0.39 is 0 Å². The smallest absolute Gasteiger partial charge is 0.260 e. The van der Waals surface area contributed by atoms with Gasteiger partial charge >= 0.3 is 0 Å². The van der Waals surface area contributed by atoms with Gasteiger partial charge in [0.25, 0.3) is 5.88 Å². The molecular formula is C12H17N5O. The van der Waals surface area contributed by atoms with Crippen molar-refractivity contribution < 1.29 is 4.74 Å². The van der Waals surface area contributed by atoms with Gasteiger partial charge in [-0.15, -0.1) is 0 Å². The highest BCUT2D eigenvalue weighted by Crippen LogP contribution is 2.25. The molecule has 2 aromatic rings. The molecule has 0 saturated heterocycles. The molecule has 1 saturated carbocycles. The number of hydrogen-bond acceptors (Lipinski definition) is 5. The minimum absolute atomic E-state index is 0.436. The van der Waals surface area contributed by atoms with E-state index in [1.54, 1.807) is 12.4 Å². The zero-order chi connectivity index (χ0) is 12.5. The lowest BCUT2D eigenvalue weighted by atomic mass is 10.5. The Labute approximate surface area is 105 Å². The van der Waals surface area contributed by atoms with Gasteiger partial charge in [-0.3, -0.25) is 4.40 Å². The Hall–Kier alpha value is -1.82. The van der Waals surface area contributed by atoms with Gasteiger partial charge in [-0.1, -0.05) is 0 Å². The number of anilines is 1. The van der Waals surface area contributed by atoms with Crippen molar-refractivity contribution in [3.63, 3.8) is 0 Å². The number of likely N-dealkylation sites (N-methyl/N-ethyl adjacent to an activating group) is 1. The third-order valence-electron chi connectivity index (χ3n) is 3.21. The van der Waals surface area contributed by atoms with Gasteiger partial charge in [0.15, 0.2) is 0 Å². The molecule has 0 amide bonds. The fraction of sp³-hybridized carbons (Fsp3) is 0.500. The zero-order valence-electron chi connectivity index (χ0n) is 10.4. The molecule has 6 heteroatoms. The molecule has 18 heavy (non-hydrogen) atoms. The largest absolute Gasteiger partial charge is 0.474 e. The van der Waals surface area contributed by atoms with Gasteiger partial charge in [0, 0.05) is 25.0 Å². The van der Waals surface area contributed by atoms with E-state index in [4.69, 9.17) is 10.5 Å². The average molecular weight is 247 g/mol. The molecule has 6 nitrogen and oxygen atoms in total. The highest BCUT2D eigenvalue weighted by atomic mass is 16.5. The van der Waals surface area contributed by atoms with E-state index in [0.717, 1.165) is 12.6 Å². The van der Waals surface area contributed by atoms with Crippen molar-refractivity contribution in [3.05, 3.63) is 18.6 Å². The second-order valence-electron chi connectivity index (χ2n) is 4.69. The van der Waals surface area contributed by atoms with E-state index >= 15 is 0 Å². The summed E-state index contributed by atoms with van der Waals surface area (Å²) < 4.78 is 7.51. The molecule has 96 valence electrons. The predicted octanol–water partition coefficient (Wildman–Crippen LogP) is 0.784. The lowest BCUT2D eigenvalue weighted by Gasteiger charge is -2.15. The van der Waals surface area contributed by atoms with Crippen LogP contribution in [0.25, 0.3) is 5.65 Å². The molecule has 0 spiro atoms. The highest BCUT2D eigenvalue weighted by molar-refractivity contribution is 5.52. The summed E-state index contributed by atoms with van der Waals surface area (Å²) in [6, 6.07) is 0.744. The molecule has 2 N–H and O–H groups in total. The average Bonchev–Trinajstić information content (AvgIpc) is 3.08. The van der Waals surface area contributed by atoms with Crippen LogP contribution >= 0.6 is 0 Å². The van der Waals surface area contributed by atoms with Crippen LogP contribution in [0.3, 0.4) is 0 Å². The molecule has 0 aromatic carbocycles. The van der Waals surface area contributed by atoms with E-state index in [-0.39, 0.29) is 0 Å². The number of nitrogen functional groups attached to an aromatic ring is 1. The minimum atomic E-state index is 0.436. The Morgan fingerprint density at radius 1 is 1.56 bits per heavy atom. The summed E-state index contributed by atoms with van der Waals surface area (Å²) in [4.78, 5) is 10.7. The van der Waals surface area contributed by atoms with E-state index in [1.165, 1.54) is 12.8 Å². The van der Waals surface area contributed by atoms with Crippen LogP contribution in [0.5, 0.6) is 5.88 Å². The van der Waals surface area contributed by atoms with Gasteiger partial charge in [0.05, 0.1) is 6.20 Å². The van der Waals surface area contributed by atoms with Crippen LogP contribution in [-0.2, 0) is 0 Å². The number of aromatic nitrogens is 3. The number of hydrogen-bond donors (Lipinski definition) is 1. The van der Waals surface area contributed by atoms with Gasteiger partial charge in [-0.05, 0) is 19.9 Å². The zero-order valence-corrected chi connectivity index (χ0v) is 10.4. The first-order valence-corrected chi connectivity index (χ1v) is 6.16. The van der Waals surface area contributed by atoms with Gasteiger partial charge in [0.2, 0.25) is 5.65 Å². The van der Waals surface area contributed by atoms with Crippen molar-refractivity contribution in [2.45, 2.75) is 18.9 Å².